The number of benzene rings is 2. The van der Waals surface area contributed by atoms with E-state index in [-0.39, 0.29) is 10.8 Å². The Bertz CT molecular complexity index is 819. The number of hydrogen-bond acceptors (Lipinski definition) is 3. The molecule has 0 saturated heterocycles. The van der Waals surface area contributed by atoms with Gasteiger partial charge in [-0.1, -0.05) is 44.8 Å². The summed E-state index contributed by atoms with van der Waals surface area (Å²) < 4.78 is 19.8. The zero-order valence-electron chi connectivity index (χ0n) is 10.6. The molecule has 0 radical (unpaired) electrons. The van der Waals surface area contributed by atoms with Crippen LogP contribution in [-0.4, -0.2) is 5.16 Å². The molecule has 0 spiro atoms. The van der Waals surface area contributed by atoms with Gasteiger partial charge in [-0.15, -0.1) is 0 Å². The van der Waals surface area contributed by atoms with E-state index in [4.69, 9.17) is 21.9 Å². The van der Waals surface area contributed by atoms with E-state index in [1.165, 1.54) is 12.1 Å². The molecule has 0 unspecified atom stereocenters. The lowest BCUT2D eigenvalue weighted by atomic mass is 10.0. The molecule has 1 aromatic heterocycles. The Morgan fingerprint density at radius 1 is 1.14 bits per heavy atom. The maximum Gasteiger partial charge on any atom is 0.177 e. The minimum absolute atomic E-state index is 0.0512. The van der Waals surface area contributed by atoms with Crippen molar-refractivity contribution in [2.45, 2.75) is 0 Å². The van der Waals surface area contributed by atoms with E-state index in [0.717, 1.165) is 10.0 Å². The van der Waals surface area contributed by atoms with E-state index in [9.17, 15) is 4.39 Å². The van der Waals surface area contributed by atoms with E-state index in [1.54, 1.807) is 6.07 Å². The summed E-state index contributed by atoms with van der Waals surface area (Å²) in [5.41, 5.74) is 7.86. The third-order valence-electron chi connectivity index (χ3n) is 3.01. The van der Waals surface area contributed by atoms with Crippen LogP contribution in [0.4, 0.5) is 10.2 Å². The Kier molecular flexibility index (Phi) is 3.69. The molecule has 2 N–H and O–H groups in total. The van der Waals surface area contributed by atoms with Crippen LogP contribution in [-0.2, 0) is 0 Å². The second-order valence-electron chi connectivity index (χ2n) is 4.41. The fraction of sp³-hybridized carbons (Fsp3) is 0. The summed E-state index contributed by atoms with van der Waals surface area (Å²) >= 11 is 9.10. The van der Waals surface area contributed by atoms with Crippen LogP contribution in [0, 0.1) is 5.82 Å². The first-order valence-corrected chi connectivity index (χ1v) is 7.20. The first-order valence-electron chi connectivity index (χ1n) is 6.03. The van der Waals surface area contributed by atoms with Crippen LogP contribution in [0.3, 0.4) is 0 Å². The van der Waals surface area contributed by atoms with Crippen LogP contribution >= 0.6 is 27.5 Å². The number of anilines is 1. The van der Waals surface area contributed by atoms with Crippen LogP contribution in [0.25, 0.3) is 22.5 Å². The normalized spacial score (nSPS) is 10.8. The highest BCUT2D eigenvalue weighted by Crippen LogP contribution is 2.38. The Balaban J connectivity index is 2.19. The summed E-state index contributed by atoms with van der Waals surface area (Å²) in [4.78, 5) is 0. The highest BCUT2D eigenvalue weighted by atomic mass is 79.9. The summed E-state index contributed by atoms with van der Waals surface area (Å²) in [6.45, 7) is 0. The number of nitrogen functional groups attached to an aromatic ring is 1. The van der Waals surface area contributed by atoms with Crippen molar-refractivity contribution in [1.82, 2.24) is 5.16 Å². The summed E-state index contributed by atoms with van der Waals surface area (Å²) in [6, 6.07) is 12.0. The van der Waals surface area contributed by atoms with Gasteiger partial charge >= 0.3 is 0 Å². The van der Waals surface area contributed by atoms with Crippen LogP contribution in [0.15, 0.2) is 51.5 Å². The molecule has 0 amide bonds. The average Bonchev–Trinajstić information content (AvgIpc) is 2.84. The zero-order chi connectivity index (χ0) is 15.0. The first-order chi connectivity index (χ1) is 10.1. The van der Waals surface area contributed by atoms with Gasteiger partial charge in [0.1, 0.15) is 5.82 Å². The third-order valence-corrected chi connectivity index (χ3v) is 3.81. The van der Waals surface area contributed by atoms with Gasteiger partial charge in [-0.05, 0) is 35.9 Å². The Hall–Kier alpha value is -1.85. The van der Waals surface area contributed by atoms with Gasteiger partial charge in [0.15, 0.2) is 11.6 Å². The molecule has 3 aromatic rings. The van der Waals surface area contributed by atoms with Gasteiger partial charge < -0.3 is 10.3 Å². The predicted molar refractivity (Wildman–Crippen MR) is 84.5 cm³/mol. The van der Waals surface area contributed by atoms with E-state index in [2.05, 4.69) is 21.1 Å². The lowest BCUT2D eigenvalue weighted by Crippen LogP contribution is -1.89. The molecule has 0 fully saturated rings. The van der Waals surface area contributed by atoms with Crippen LogP contribution in [0.1, 0.15) is 0 Å². The smallest absolute Gasteiger partial charge is 0.177 e. The van der Waals surface area contributed by atoms with Crippen molar-refractivity contribution < 1.29 is 8.91 Å². The molecule has 3 nitrogen and oxygen atoms in total. The average molecular weight is 368 g/mol. The number of hydrogen-bond donors (Lipinski definition) is 1. The molecule has 2 aromatic carbocycles. The summed E-state index contributed by atoms with van der Waals surface area (Å²) in [5.74, 6) is 0.129. The highest BCUT2D eigenvalue weighted by molar-refractivity contribution is 9.10. The summed E-state index contributed by atoms with van der Waals surface area (Å²) in [6.07, 6.45) is 0. The molecule has 0 saturated carbocycles. The van der Waals surface area contributed by atoms with Crippen molar-refractivity contribution in [2.75, 3.05) is 5.73 Å². The largest absolute Gasteiger partial charge is 0.380 e. The van der Waals surface area contributed by atoms with Crippen molar-refractivity contribution in [3.05, 3.63) is 57.8 Å². The quantitative estimate of drug-likeness (QED) is 0.682. The van der Waals surface area contributed by atoms with Gasteiger partial charge in [0.2, 0.25) is 0 Å². The second-order valence-corrected chi connectivity index (χ2v) is 5.73. The Labute approximate surface area is 133 Å². The highest BCUT2D eigenvalue weighted by Gasteiger charge is 2.18. The fourth-order valence-corrected chi connectivity index (χ4v) is 2.58. The lowest BCUT2D eigenvalue weighted by Gasteiger charge is -2.04. The van der Waals surface area contributed by atoms with Gasteiger partial charge in [-0.2, -0.15) is 0 Å². The van der Waals surface area contributed by atoms with Crippen molar-refractivity contribution >= 4 is 33.3 Å². The van der Waals surface area contributed by atoms with E-state index < -0.39 is 5.82 Å². The number of nitrogens with zero attached hydrogens (tertiary/aromatic N) is 1. The molecule has 21 heavy (non-hydrogen) atoms. The minimum Gasteiger partial charge on any atom is -0.380 e. The maximum absolute atomic E-state index is 13.6. The zero-order valence-corrected chi connectivity index (χ0v) is 13.0. The monoisotopic (exact) mass is 366 g/mol. The van der Waals surface area contributed by atoms with E-state index in [1.807, 2.05) is 24.3 Å². The van der Waals surface area contributed by atoms with Gasteiger partial charge in [0.25, 0.3) is 0 Å². The molecular weight excluding hydrogens is 359 g/mol. The standard InChI is InChI=1S/C15H9BrClFN2O/c16-10-3-1-2-8(6-10)13-14(21-20-15(13)19)9-4-5-11(17)12(18)7-9/h1-7H,(H2,19,20). The van der Waals surface area contributed by atoms with Crippen LogP contribution in [0.5, 0.6) is 0 Å². The number of aromatic nitrogens is 1. The fourth-order valence-electron chi connectivity index (χ4n) is 2.06. The van der Waals surface area contributed by atoms with E-state index in [0.29, 0.717) is 16.9 Å². The van der Waals surface area contributed by atoms with Crippen LogP contribution in [0.2, 0.25) is 5.02 Å². The minimum atomic E-state index is -0.524. The number of halogens is 3. The molecular formula is C15H9BrClFN2O. The second kappa shape index (κ2) is 5.50. The molecule has 106 valence electrons. The number of nitrogens with two attached hydrogens (primary N) is 1. The molecule has 0 aliphatic heterocycles. The van der Waals surface area contributed by atoms with Crippen molar-refractivity contribution in [1.29, 1.82) is 0 Å². The van der Waals surface area contributed by atoms with Gasteiger partial charge in [0.05, 0.1) is 10.6 Å². The van der Waals surface area contributed by atoms with Crippen molar-refractivity contribution in [3.63, 3.8) is 0 Å². The molecule has 3 rings (SSSR count). The molecule has 0 aliphatic carbocycles. The molecule has 1 heterocycles. The first kappa shape index (κ1) is 14.1. The Morgan fingerprint density at radius 3 is 2.67 bits per heavy atom. The van der Waals surface area contributed by atoms with Gasteiger partial charge in [-0.3, -0.25) is 0 Å². The summed E-state index contributed by atoms with van der Waals surface area (Å²) in [7, 11) is 0. The molecule has 0 atom stereocenters. The predicted octanol–water partition coefficient (Wildman–Crippen LogP) is 5.15. The lowest BCUT2D eigenvalue weighted by molar-refractivity contribution is 0.436. The molecule has 0 bridgehead atoms. The third kappa shape index (κ3) is 2.66. The maximum atomic E-state index is 13.6. The van der Waals surface area contributed by atoms with Crippen molar-refractivity contribution in [2.24, 2.45) is 0 Å². The number of rotatable bonds is 2. The van der Waals surface area contributed by atoms with Gasteiger partial charge in [-0.25, -0.2) is 4.39 Å². The van der Waals surface area contributed by atoms with Crippen LogP contribution < -0.4 is 5.73 Å². The molecule has 0 aliphatic rings. The Morgan fingerprint density at radius 2 is 1.95 bits per heavy atom. The summed E-state index contributed by atoms with van der Waals surface area (Å²) in [5, 5.41) is 3.83. The SMILES string of the molecule is Nc1noc(-c2ccc(Cl)c(F)c2)c1-c1cccc(Br)c1. The van der Waals surface area contributed by atoms with Crippen molar-refractivity contribution in [3.8, 4) is 22.5 Å². The van der Waals surface area contributed by atoms with E-state index >= 15 is 0 Å². The molecule has 6 heteroatoms. The van der Waals surface area contributed by atoms with Gasteiger partial charge in [0, 0.05) is 10.0 Å². The topological polar surface area (TPSA) is 52.0 Å².